The van der Waals surface area contributed by atoms with E-state index in [1.165, 1.54) is 11.8 Å². The van der Waals surface area contributed by atoms with E-state index in [0.29, 0.717) is 0 Å². The van der Waals surface area contributed by atoms with Gasteiger partial charge in [-0.3, -0.25) is 43.3 Å². The van der Waals surface area contributed by atoms with E-state index >= 15 is 0 Å². The van der Waals surface area contributed by atoms with E-state index in [-0.39, 0.29) is 80.2 Å². The van der Waals surface area contributed by atoms with Crippen molar-refractivity contribution >= 4 is 76.0 Å². The van der Waals surface area contributed by atoms with Gasteiger partial charge in [0.1, 0.15) is 18.1 Å². The number of amides is 7. The molecule has 2 heterocycles. The standard InChI is InChI=1S/C49H75N9O11S/c1-27(2)35(57(12)45(65)41(48(5,6)7)55-43(63)40(51-10)49(8,9)31-25-56(11)34-16-14-13-15-30(31)34)23-28(3)42(62)54-33(47(68)69)18-20-38(60)53-29(4)17-19-37(59)52-21-22-58-39(61)24-36(44(58)64)70-26-32(50)46(66)67/h13-16,23,25,27,29,32-33,35-36,40-41,51H,17-22,24,26,50H2,1-12H3,(H,52,59)(H,53,60)(H,54,62)(H,55,63)(H,66,67)(H,68,69)/b28-23+/t29-,32-,33+,35+,36?,40+,41+/m0/s1. The number of nitrogens with one attached hydrogen (secondary N) is 5. The lowest BCUT2D eigenvalue weighted by atomic mass is 9.76. The van der Waals surface area contributed by atoms with E-state index in [0.717, 1.165) is 33.1 Å². The van der Waals surface area contributed by atoms with Crippen LogP contribution in [-0.2, 0) is 55.6 Å². The van der Waals surface area contributed by atoms with Gasteiger partial charge in [0.25, 0.3) is 0 Å². The molecule has 0 spiro atoms. The molecule has 1 aliphatic heterocycles. The van der Waals surface area contributed by atoms with Crippen LogP contribution in [0.25, 0.3) is 10.9 Å². The van der Waals surface area contributed by atoms with Gasteiger partial charge in [-0.1, -0.05) is 72.7 Å². The molecule has 0 bridgehead atoms. The molecule has 9 N–H and O–H groups in total. The molecule has 1 fully saturated rings. The Balaban J connectivity index is 1.56. The lowest BCUT2D eigenvalue weighted by Gasteiger charge is -2.39. The summed E-state index contributed by atoms with van der Waals surface area (Å²) in [6.45, 7) is 16.4. The highest BCUT2D eigenvalue weighted by Gasteiger charge is 2.43. The number of aryl methyl sites for hydroxylation is 1. The number of carbonyl (C=O) groups is 9. The van der Waals surface area contributed by atoms with E-state index in [1.54, 1.807) is 27.1 Å². The van der Waals surface area contributed by atoms with Gasteiger partial charge in [-0.15, -0.1) is 11.8 Å². The van der Waals surface area contributed by atoms with Crippen LogP contribution in [0.1, 0.15) is 100.0 Å². The second-order valence-corrected chi connectivity index (χ2v) is 21.3. The number of rotatable bonds is 26. The van der Waals surface area contributed by atoms with Crippen LogP contribution in [0.5, 0.6) is 0 Å². The Bertz CT molecular complexity index is 2290. The summed E-state index contributed by atoms with van der Waals surface area (Å²) in [6, 6.07) is 2.54. The smallest absolute Gasteiger partial charge is 0.326 e. The Morgan fingerprint density at radius 3 is 2.13 bits per heavy atom. The van der Waals surface area contributed by atoms with Gasteiger partial charge in [-0.05, 0) is 56.7 Å². The van der Waals surface area contributed by atoms with Gasteiger partial charge in [0, 0.05) is 86.3 Å². The van der Waals surface area contributed by atoms with Gasteiger partial charge in [0.15, 0.2) is 0 Å². The van der Waals surface area contributed by atoms with Crippen LogP contribution in [0.4, 0.5) is 0 Å². The molecule has 3 rings (SSSR count). The van der Waals surface area contributed by atoms with Crippen LogP contribution in [0.2, 0.25) is 0 Å². The fraction of sp³-hybridized carbons (Fsp3) is 0.612. The van der Waals surface area contributed by atoms with Crippen molar-refractivity contribution in [1.29, 1.82) is 0 Å². The number of fused-ring (bicyclic) bond motifs is 1. The predicted octanol–water partition coefficient (Wildman–Crippen LogP) is 2.03. The number of carboxylic acids is 2. The first kappa shape index (κ1) is 58.5. The molecule has 7 atom stereocenters. The van der Waals surface area contributed by atoms with E-state index in [4.69, 9.17) is 10.8 Å². The van der Waals surface area contributed by atoms with Crippen molar-refractivity contribution in [3.63, 3.8) is 0 Å². The van der Waals surface area contributed by atoms with Crippen LogP contribution in [-0.4, -0.2) is 152 Å². The van der Waals surface area contributed by atoms with Gasteiger partial charge in [-0.2, -0.15) is 0 Å². The molecule has 1 unspecified atom stereocenters. The highest BCUT2D eigenvalue weighted by atomic mass is 32.2. The fourth-order valence-electron chi connectivity index (χ4n) is 8.41. The highest BCUT2D eigenvalue weighted by Crippen LogP contribution is 2.35. The molecule has 388 valence electrons. The fourth-order valence-corrected chi connectivity index (χ4v) is 9.53. The number of likely N-dealkylation sites (N-methyl/N-ethyl adjacent to an activating group) is 2. The molecule has 20 nitrogen and oxygen atoms in total. The van der Waals surface area contributed by atoms with Crippen molar-refractivity contribution in [1.82, 2.24) is 41.0 Å². The molecule has 7 amide bonds. The second kappa shape index (κ2) is 25.4. The Kier molecular flexibility index (Phi) is 21.2. The van der Waals surface area contributed by atoms with Crippen molar-refractivity contribution < 1.29 is 53.4 Å². The summed E-state index contributed by atoms with van der Waals surface area (Å²) in [5.41, 5.74) is 6.19. The topological polar surface area (TPSA) is 292 Å². The van der Waals surface area contributed by atoms with Crippen LogP contribution >= 0.6 is 11.8 Å². The number of hydrogen-bond acceptors (Lipinski definition) is 12. The van der Waals surface area contributed by atoms with Gasteiger partial charge in [-0.25, -0.2) is 4.79 Å². The first-order valence-electron chi connectivity index (χ1n) is 23.5. The van der Waals surface area contributed by atoms with Crippen LogP contribution in [0.3, 0.4) is 0 Å². The minimum absolute atomic E-state index is 0.000307. The average molecular weight is 998 g/mol. The molecular formula is C49H75N9O11S. The van der Waals surface area contributed by atoms with Crippen molar-refractivity contribution in [3.8, 4) is 0 Å². The number of aliphatic carboxylic acids is 2. The normalized spacial score (nSPS) is 17.1. The minimum atomic E-state index is -1.43. The lowest BCUT2D eigenvalue weighted by Crippen LogP contribution is -2.61. The van der Waals surface area contributed by atoms with Crippen molar-refractivity contribution in [3.05, 3.63) is 47.7 Å². The maximum absolute atomic E-state index is 14.4. The van der Waals surface area contributed by atoms with Crippen molar-refractivity contribution in [2.24, 2.45) is 24.1 Å². The summed E-state index contributed by atoms with van der Waals surface area (Å²) < 4.78 is 2.02. The number of carboxylic acid groups (broad SMARTS) is 2. The maximum atomic E-state index is 14.4. The predicted molar refractivity (Wildman–Crippen MR) is 267 cm³/mol. The number of hydrogen-bond donors (Lipinski definition) is 8. The second-order valence-electron chi connectivity index (χ2n) is 20.1. The number of benzene rings is 1. The zero-order valence-corrected chi connectivity index (χ0v) is 43.5. The summed E-state index contributed by atoms with van der Waals surface area (Å²) in [5, 5.41) is 33.3. The number of nitrogens with two attached hydrogens (primary N) is 1. The number of carbonyl (C=O) groups excluding carboxylic acids is 7. The van der Waals surface area contributed by atoms with Crippen molar-refractivity contribution in [2.75, 3.05) is 32.9 Å². The number of imide groups is 1. The van der Waals surface area contributed by atoms with E-state index in [1.807, 2.05) is 90.5 Å². The summed E-state index contributed by atoms with van der Waals surface area (Å²) >= 11 is 0.998. The SMILES string of the molecule is CN[C@H](C(=O)N[C@H](C(=O)N(C)[C@H](/C=C(\C)C(=O)N[C@H](CCC(=O)N[C@@H](C)CCC(=O)NCCN1C(=O)CC(SC[C@H](N)C(=O)O)C1=O)C(=O)O)C(C)C)C(C)(C)C)C(C)(C)c1cn(C)c2ccccc12. The molecule has 1 aromatic carbocycles. The molecule has 0 radical (unpaired) electrons. The number of para-hydroxylation sites is 1. The van der Waals surface area contributed by atoms with Crippen molar-refractivity contribution in [2.45, 2.75) is 141 Å². The quantitative estimate of drug-likeness (QED) is 0.0495. The van der Waals surface area contributed by atoms with Gasteiger partial charge in [0.05, 0.1) is 17.3 Å². The summed E-state index contributed by atoms with van der Waals surface area (Å²) in [4.78, 5) is 118. The summed E-state index contributed by atoms with van der Waals surface area (Å²) in [6.07, 6.45) is 3.25. The zero-order chi connectivity index (χ0) is 53.0. The van der Waals surface area contributed by atoms with Crippen LogP contribution < -0.4 is 32.3 Å². The number of nitrogens with zero attached hydrogens (tertiary/aromatic N) is 3. The molecule has 21 heteroatoms. The van der Waals surface area contributed by atoms with E-state index in [2.05, 4.69) is 26.6 Å². The summed E-state index contributed by atoms with van der Waals surface area (Å²) in [5.74, 6) is -6.05. The molecule has 2 aromatic rings. The third-order valence-electron chi connectivity index (χ3n) is 12.6. The molecule has 1 saturated heterocycles. The third-order valence-corrected chi connectivity index (χ3v) is 14.0. The Hall–Kier alpha value is -5.80. The van der Waals surface area contributed by atoms with Gasteiger partial charge in [0.2, 0.25) is 41.4 Å². The van der Waals surface area contributed by atoms with Gasteiger partial charge < -0.3 is 52.0 Å². The highest BCUT2D eigenvalue weighted by molar-refractivity contribution is 8.00. The van der Waals surface area contributed by atoms with E-state index < -0.39 is 87.9 Å². The Labute approximate surface area is 415 Å². The van der Waals surface area contributed by atoms with E-state index in [9.17, 15) is 48.3 Å². The lowest BCUT2D eigenvalue weighted by molar-refractivity contribution is -0.142. The third kappa shape index (κ3) is 15.6. The first-order valence-corrected chi connectivity index (χ1v) is 24.6. The molecule has 1 aliphatic rings. The zero-order valence-electron chi connectivity index (χ0n) is 42.6. The molecule has 0 aliphatic carbocycles. The van der Waals surface area contributed by atoms with Crippen LogP contribution in [0, 0.1) is 11.3 Å². The maximum Gasteiger partial charge on any atom is 0.326 e. The minimum Gasteiger partial charge on any atom is -0.480 e. The Morgan fingerprint density at radius 1 is 0.914 bits per heavy atom. The van der Waals surface area contributed by atoms with Crippen LogP contribution in [0.15, 0.2) is 42.1 Å². The number of aromatic nitrogens is 1. The molecule has 0 saturated carbocycles. The Morgan fingerprint density at radius 2 is 1.54 bits per heavy atom. The largest absolute Gasteiger partial charge is 0.480 e. The first-order chi connectivity index (χ1) is 32.5. The molecule has 70 heavy (non-hydrogen) atoms. The monoisotopic (exact) mass is 998 g/mol. The summed E-state index contributed by atoms with van der Waals surface area (Å²) in [7, 11) is 5.27. The number of likely N-dealkylation sites (tertiary alicyclic amines) is 1. The molecule has 1 aromatic heterocycles. The molecular weight excluding hydrogens is 923 g/mol. The number of thioether (sulfide) groups is 1. The van der Waals surface area contributed by atoms with Gasteiger partial charge >= 0.3 is 11.9 Å². The average Bonchev–Trinajstić information content (AvgIpc) is 3.76.